The SMILES string of the molecule is CCN(CC)c1cccc2c1N(Cc1ccco1)C(=O)C(CC(=O)[C@@H](CC(C)C)NC(=O)CN)C2. The van der Waals surface area contributed by atoms with Crippen LogP contribution in [-0.2, 0) is 27.3 Å². The molecule has 3 N–H and O–H groups in total. The van der Waals surface area contributed by atoms with Gasteiger partial charge in [0.05, 0.1) is 36.8 Å². The van der Waals surface area contributed by atoms with E-state index in [4.69, 9.17) is 10.2 Å². The Morgan fingerprint density at radius 3 is 2.54 bits per heavy atom. The maximum absolute atomic E-state index is 13.8. The van der Waals surface area contributed by atoms with Crippen molar-refractivity contribution < 1.29 is 18.8 Å². The second-order valence-electron chi connectivity index (χ2n) is 9.49. The quantitative estimate of drug-likeness (QED) is 0.481. The Hall–Kier alpha value is -3.13. The number of carbonyl (C=O) groups is 3. The molecule has 1 aromatic carbocycles. The predicted molar refractivity (Wildman–Crippen MR) is 137 cm³/mol. The summed E-state index contributed by atoms with van der Waals surface area (Å²) in [7, 11) is 0. The van der Waals surface area contributed by atoms with Crippen molar-refractivity contribution in [3.63, 3.8) is 0 Å². The van der Waals surface area contributed by atoms with Gasteiger partial charge in [-0.25, -0.2) is 0 Å². The van der Waals surface area contributed by atoms with E-state index in [0.29, 0.717) is 25.1 Å². The number of nitrogens with zero attached hydrogens (tertiary/aromatic N) is 2. The van der Waals surface area contributed by atoms with Gasteiger partial charge in [0.2, 0.25) is 11.8 Å². The molecular weight excluding hydrogens is 444 g/mol. The molecule has 1 aliphatic heterocycles. The number of fused-ring (bicyclic) bond motifs is 1. The maximum atomic E-state index is 13.8. The summed E-state index contributed by atoms with van der Waals surface area (Å²) in [5.41, 5.74) is 8.38. The highest BCUT2D eigenvalue weighted by Gasteiger charge is 2.38. The number of nitrogens with two attached hydrogens (primary N) is 1. The van der Waals surface area contributed by atoms with Gasteiger partial charge >= 0.3 is 0 Å². The topological polar surface area (TPSA) is 109 Å². The number of furan rings is 1. The molecule has 0 saturated carbocycles. The van der Waals surface area contributed by atoms with Gasteiger partial charge in [-0.1, -0.05) is 26.0 Å². The van der Waals surface area contributed by atoms with E-state index in [1.807, 2.05) is 38.1 Å². The number of rotatable bonds is 12. The van der Waals surface area contributed by atoms with Crippen LogP contribution in [0.3, 0.4) is 0 Å². The molecule has 35 heavy (non-hydrogen) atoms. The first-order chi connectivity index (χ1) is 16.8. The number of nitrogens with one attached hydrogen (secondary N) is 1. The Kier molecular flexibility index (Phi) is 9.09. The number of benzene rings is 1. The molecule has 0 fully saturated rings. The molecule has 8 nitrogen and oxygen atoms in total. The van der Waals surface area contributed by atoms with Gasteiger partial charge in [-0.15, -0.1) is 0 Å². The number of amides is 2. The lowest BCUT2D eigenvalue weighted by Crippen LogP contribution is -2.47. The standard InChI is InChI=1S/C27H38N4O4/c1-5-30(6-2)23-11-7-9-19-14-20(15-24(32)22(13-18(3)4)29-25(33)16-28)27(34)31(26(19)23)17-21-10-8-12-35-21/h7-12,18,20,22H,5-6,13-17,28H2,1-4H3,(H,29,33)/t20?,22-/m1/s1. The maximum Gasteiger partial charge on any atom is 0.234 e. The Morgan fingerprint density at radius 2 is 1.94 bits per heavy atom. The minimum atomic E-state index is -0.652. The van der Waals surface area contributed by atoms with Gasteiger partial charge < -0.3 is 25.3 Å². The molecule has 1 aliphatic rings. The largest absolute Gasteiger partial charge is 0.467 e. The average molecular weight is 483 g/mol. The summed E-state index contributed by atoms with van der Waals surface area (Å²) in [5, 5.41) is 2.75. The van der Waals surface area contributed by atoms with Crippen LogP contribution in [0.15, 0.2) is 41.0 Å². The van der Waals surface area contributed by atoms with E-state index in [9.17, 15) is 14.4 Å². The number of hydrogen-bond donors (Lipinski definition) is 2. The van der Waals surface area contributed by atoms with Crippen LogP contribution < -0.4 is 20.9 Å². The first-order valence-electron chi connectivity index (χ1n) is 12.5. The van der Waals surface area contributed by atoms with Gasteiger partial charge in [-0.2, -0.15) is 0 Å². The lowest BCUT2D eigenvalue weighted by molar-refractivity contribution is -0.131. The van der Waals surface area contributed by atoms with Crippen molar-refractivity contribution in [1.82, 2.24) is 5.32 Å². The molecule has 2 aromatic rings. The fourth-order valence-corrected chi connectivity index (χ4v) is 4.81. The van der Waals surface area contributed by atoms with E-state index in [1.165, 1.54) is 0 Å². The number of hydrogen-bond acceptors (Lipinski definition) is 6. The van der Waals surface area contributed by atoms with E-state index in [-0.39, 0.29) is 36.5 Å². The van der Waals surface area contributed by atoms with E-state index >= 15 is 0 Å². The molecule has 190 valence electrons. The molecule has 0 bridgehead atoms. The van der Waals surface area contributed by atoms with Crippen molar-refractivity contribution >= 4 is 29.0 Å². The first-order valence-corrected chi connectivity index (χ1v) is 12.5. The van der Waals surface area contributed by atoms with Crippen molar-refractivity contribution in [2.45, 2.75) is 59.5 Å². The van der Waals surface area contributed by atoms with Gasteiger partial charge in [-0.3, -0.25) is 14.4 Å². The highest BCUT2D eigenvalue weighted by Crippen LogP contribution is 2.40. The first kappa shape index (κ1) is 26.5. The fraction of sp³-hybridized carbons (Fsp3) is 0.519. The molecule has 8 heteroatoms. The zero-order valence-electron chi connectivity index (χ0n) is 21.3. The predicted octanol–water partition coefficient (Wildman–Crippen LogP) is 3.28. The number of Topliss-reactive ketones (excluding diaryl/α,β-unsaturated/α-hetero) is 1. The molecule has 3 rings (SSSR count). The Labute approximate surface area is 207 Å². The molecule has 0 saturated heterocycles. The van der Waals surface area contributed by atoms with Crippen LogP contribution in [0.5, 0.6) is 0 Å². The highest BCUT2D eigenvalue weighted by atomic mass is 16.3. The summed E-state index contributed by atoms with van der Waals surface area (Å²) in [6.45, 7) is 9.93. The highest BCUT2D eigenvalue weighted by molar-refractivity contribution is 6.03. The van der Waals surface area contributed by atoms with Crippen LogP contribution in [0, 0.1) is 11.8 Å². The molecule has 0 radical (unpaired) electrons. The monoisotopic (exact) mass is 482 g/mol. The summed E-state index contributed by atoms with van der Waals surface area (Å²) in [5.74, 6) is -0.236. The summed E-state index contributed by atoms with van der Waals surface area (Å²) in [6, 6.07) is 9.08. The number of carbonyl (C=O) groups excluding carboxylic acids is 3. The van der Waals surface area contributed by atoms with Crippen LogP contribution >= 0.6 is 0 Å². The number of para-hydroxylation sites is 1. The smallest absolute Gasteiger partial charge is 0.234 e. The van der Waals surface area contributed by atoms with Crippen LogP contribution in [-0.4, -0.2) is 43.3 Å². The lowest BCUT2D eigenvalue weighted by atomic mass is 9.85. The van der Waals surface area contributed by atoms with E-state index in [2.05, 4.69) is 24.1 Å². The second kappa shape index (κ2) is 12.0. The van der Waals surface area contributed by atoms with Crippen molar-refractivity contribution in [2.24, 2.45) is 17.6 Å². The molecule has 0 spiro atoms. The molecule has 2 heterocycles. The van der Waals surface area contributed by atoms with Gasteiger partial charge in [0.15, 0.2) is 5.78 Å². The molecule has 1 aromatic heterocycles. The van der Waals surface area contributed by atoms with Crippen molar-refractivity contribution in [3.8, 4) is 0 Å². The summed E-state index contributed by atoms with van der Waals surface area (Å²) >= 11 is 0. The number of anilines is 2. The normalized spacial score (nSPS) is 16.2. The van der Waals surface area contributed by atoms with Gasteiger partial charge in [0.1, 0.15) is 5.76 Å². The third-order valence-corrected chi connectivity index (χ3v) is 6.51. The fourth-order valence-electron chi connectivity index (χ4n) is 4.81. The Morgan fingerprint density at radius 1 is 1.20 bits per heavy atom. The van der Waals surface area contributed by atoms with E-state index < -0.39 is 12.0 Å². The molecule has 0 aliphatic carbocycles. The summed E-state index contributed by atoms with van der Waals surface area (Å²) < 4.78 is 5.57. The van der Waals surface area contributed by atoms with E-state index in [0.717, 1.165) is 30.0 Å². The van der Waals surface area contributed by atoms with Gasteiger partial charge in [-0.05, 0) is 56.4 Å². The number of ketones is 1. The third kappa shape index (κ3) is 6.31. The zero-order valence-corrected chi connectivity index (χ0v) is 21.3. The lowest BCUT2D eigenvalue weighted by Gasteiger charge is -2.38. The third-order valence-electron chi connectivity index (χ3n) is 6.51. The van der Waals surface area contributed by atoms with Crippen LogP contribution in [0.25, 0.3) is 0 Å². The molecule has 2 amide bonds. The second-order valence-corrected chi connectivity index (χ2v) is 9.49. The van der Waals surface area contributed by atoms with Crippen molar-refractivity contribution in [2.75, 3.05) is 29.4 Å². The van der Waals surface area contributed by atoms with Crippen LogP contribution in [0.1, 0.15) is 51.9 Å². The molecule has 1 unspecified atom stereocenters. The Bertz CT molecular complexity index is 1010. The van der Waals surface area contributed by atoms with Crippen molar-refractivity contribution in [3.05, 3.63) is 47.9 Å². The molecule has 2 atom stereocenters. The summed E-state index contributed by atoms with van der Waals surface area (Å²) in [4.78, 5) is 43.1. The van der Waals surface area contributed by atoms with E-state index in [1.54, 1.807) is 17.2 Å². The average Bonchev–Trinajstić information content (AvgIpc) is 3.35. The van der Waals surface area contributed by atoms with Crippen molar-refractivity contribution in [1.29, 1.82) is 0 Å². The summed E-state index contributed by atoms with van der Waals surface area (Å²) in [6.07, 6.45) is 2.64. The molecular formula is C27H38N4O4. The Balaban J connectivity index is 1.94. The zero-order chi connectivity index (χ0) is 25.5. The minimum Gasteiger partial charge on any atom is -0.467 e. The van der Waals surface area contributed by atoms with Gasteiger partial charge in [0, 0.05) is 25.4 Å². The van der Waals surface area contributed by atoms with Crippen LogP contribution in [0.4, 0.5) is 11.4 Å². The van der Waals surface area contributed by atoms with Crippen LogP contribution in [0.2, 0.25) is 0 Å². The minimum absolute atomic E-state index is 0.0602. The van der Waals surface area contributed by atoms with Gasteiger partial charge in [0.25, 0.3) is 0 Å².